The number of rotatable bonds is 9. The SMILES string of the molecule is COc1ccc(OC)c(S(=O)(=O)NCC(=O)NCC(C)(C)N2CCC[C@@H](C)C2)c1. The fraction of sp³-hybridized carbons (Fsp3) is 0.650. The van der Waals surface area contributed by atoms with Crippen LogP contribution in [0.5, 0.6) is 11.5 Å². The summed E-state index contributed by atoms with van der Waals surface area (Å²) in [7, 11) is -1.10. The summed E-state index contributed by atoms with van der Waals surface area (Å²) >= 11 is 0. The van der Waals surface area contributed by atoms with Crippen LogP contribution >= 0.6 is 0 Å². The molecule has 0 radical (unpaired) electrons. The van der Waals surface area contributed by atoms with Gasteiger partial charge in [-0.25, -0.2) is 13.1 Å². The molecule has 8 nitrogen and oxygen atoms in total. The molecule has 1 saturated heterocycles. The average molecular weight is 428 g/mol. The summed E-state index contributed by atoms with van der Waals surface area (Å²) in [5.74, 6) is 0.823. The van der Waals surface area contributed by atoms with E-state index in [4.69, 9.17) is 9.47 Å². The summed E-state index contributed by atoms with van der Waals surface area (Å²) in [5.41, 5.74) is -0.195. The highest BCUT2D eigenvalue weighted by Gasteiger charge is 2.30. The van der Waals surface area contributed by atoms with E-state index >= 15 is 0 Å². The van der Waals surface area contributed by atoms with E-state index in [1.807, 2.05) is 0 Å². The van der Waals surface area contributed by atoms with Gasteiger partial charge in [0.15, 0.2) is 0 Å². The van der Waals surface area contributed by atoms with Gasteiger partial charge in [0.2, 0.25) is 15.9 Å². The topological polar surface area (TPSA) is 97.0 Å². The molecule has 2 rings (SSSR count). The molecule has 1 heterocycles. The molecule has 29 heavy (non-hydrogen) atoms. The molecule has 0 aliphatic carbocycles. The number of hydrogen-bond donors (Lipinski definition) is 2. The minimum Gasteiger partial charge on any atom is -0.497 e. The predicted octanol–water partition coefficient (Wildman–Crippen LogP) is 1.61. The molecule has 1 amide bonds. The Hall–Kier alpha value is -1.84. The molecule has 164 valence electrons. The Labute approximate surface area is 174 Å². The first-order chi connectivity index (χ1) is 13.6. The number of methoxy groups -OCH3 is 2. The molecule has 9 heteroatoms. The molecular weight excluding hydrogens is 394 g/mol. The molecule has 0 spiro atoms. The van der Waals surface area contributed by atoms with Crippen LogP contribution in [0.1, 0.15) is 33.6 Å². The molecular formula is C20H33N3O5S. The lowest BCUT2D eigenvalue weighted by atomic mass is 9.93. The van der Waals surface area contributed by atoms with E-state index in [2.05, 4.69) is 35.7 Å². The smallest absolute Gasteiger partial charge is 0.244 e. The molecule has 0 saturated carbocycles. The van der Waals surface area contributed by atoms with Crippen molar-refractivity contribution in [3.05, 3.63) is 18.2 Å². The number of amides is 1. The fourth-order valence-corrected chi connectivity index (χ4v) is 4.62. The van der Waals surface area contributed by atoms with Crippen LogP contribution in [0.25, 0.3) is 0 Å². The van der Waals surface area contributed by atoms with E-state index < -0.39 is 10.0 Å². The first-order valence-corrected chi connectivity index (χ1v) is 11.3. The van der Waals surface area contributed by atoms with Crippen LogP contribution in [-0.4, -0.2) is 65.2 Å². The van der Waals surface area contributed by atoms with Gasteiger partial charge in [-0.05, 0) is 51.3 Å². The van der Waals surface area contributed by atoms with Gasteiger partial charge in [0, 0.05) is 24.7 Å². The van der Waals surface area contributed by atoms with Crippen molar-refractivity contribution in [1.29, 1.82) is 0 Å². The van der Waals surface area contributed by atoms with Gasteiger partial charge in [-0.3, -0.25) is 9.69 Å². The van der Waals surface area contributed by atoms with E-state index in [9.17, 15) is 13.2 Å². The van der Waals surface area contributed by atoms with Crippen LogP contribution in [0.15, 0.2) is 23.1 Å². The highest BCUT2D eigenvalue weighted by Crippen LogP contribution is 2.28. The second-order valence-corrected chi connectivity index (χ2v) is 9.86. The highest BCUT2D eigenvalue weighted by molar-refractivity contribution is 7.89. The van der Waals surface area contributed by atoms with Crippen LogP contribution in [-0.2, 0) is 14.8 Å². The summed E-state index contributed by atoms with van der Waals surface area (Å²) in [6.45, 7) is 8.54. The van der Waals surface area contributed by atoms with Gasteiger partial charge < -0.3 is 14.8 Å². The zero-order valence-electron chi connectivity index (χ0n) is 17.9. The van der Waals surface area contributed by atoms with Gasteiger partial charge in [-0.15, -0.1) is 0 Å². The standard InChI is InChI=1S/C20H33N3O5S/c1-15-7-6-10-23(13-15)20(2,3)14-21-19(24)12-22-29(25,26)18-11-16(27-4)8-9-17(18)28-5/h8-9,11,15,22H,6-7,10,12-14H2,1-5H3,(H,21,24)/t15-/m1/s1. The lowest BCUT2D eigenvalue weighted by Gasteiger charge is -2.43. The van der Waals surface area contributed by atoms with E-state index in [1.54, 1.807) is 6.07 Å². The number of nitrogens with zero attached hydrogens (tertiary/aromatic N) is 1. The van der Waals surface area contributed by atoms with Crippen molar-refractivity contribution in [2.75, 3.05) is 40.4 Å². The van der Waals surface area contributed by atoms with Crippen LogP contribution in [0.4, 0.5) is 0 Å². The predicted molar refractivity (Wildman–Crippen MR) is 112 cm³/mol. The number of ether oxygens (including phenoxy) is 2. The van der Waals surface area contributed by atoms with E-state index in [1.165, 1.54) is 32.8 Å². The summed E-state index contributed by atoms with van der Waals surface area (Å²) in [5, 5.41) is 2.85. The Balaban J connectivity index is 1.94. The monoisotopic (exact) mass is 427 g/mol. The third kappa shape index (κ3) is 6.32. The Kier molecular flexibility index (Phi) is 7.90. The quantitative estimate of drug-likeness (QED) is 0.622. The second kappa shape index (κ2) is 9.77. The van der Waals surface area contributed by atoms with Crippen LogP contribution in [0, 0.1) is 5.92 Å². The van der Waals surface area contributed by atoms with Gasteiger partial charge in [0.05, 0.1) is 20.8 Å². The number of nitrogens with one attached hydrogen (secondary N) is 2. The van der Waals surface area contributed by atoms with Crippen molar-refractivity contribution in [2.24, 2.45) is 5.92 Å². The van der Waals surface area contributed by atoms with Crippen molar-refractivity contribution in [3.63, 3.8) is 0 Å². The average Bonchev–Trinajstić information content (AvgIpc) is 2.70. The number of hydrogen-bond acceptors (Lipinski definition) is 6. The Morgan fingerprint density at radius 2 is 2.00 bits per heavy atom. The van der Waals surface area contributed by atoms with Gasteiger partial charge in [0.1, 0.15) is 16.4 Å². The molecule has 0 unspecified atom stereocenters. The molecule has 1 aromatic rings. The molecule has 1 fully saturated rings. The van der Waals surface area contributed by atoms with E-state index in [-0.39, 0.29) is 28.6 Å². The van der Waals surface area contributed by atoms with E-state index in [0.29, 0.717) is 18.2 Å². The lowest BCUT2D eigenvalue weighted by Crippen LogP contribution is -2.55. The Morgan fingerprint density at radius 3 is 2.62 bits per heavy atom. The van der Waals surface area contributed by atoms with Crippen LogP contribution in [0.2, 0.25) is 0 Å². The Morgan fingerprint density at radius 1 is 1.28 bits per heavy atom. The van der Waals surface area contributed by atoms with Crippen molar-refractivity contribution >= 4 is 15.9 Å². The minimum absolute atomic E-state index is 0.0743. The lowest BCUT2D eigenvalue weighted by molar-refractivity contribution is -0.120. The molecule has 0 bridgehead atoms. The van der Waals surface area contributed by atoms with Crippen molar-refractivity contribution in [1.82, 2.24) is 14.9 Å². The maximum atomic E-state index is 12.6. The first-order valence-electron chi connectivity index (χ1n) is 9.82. The minimum atomic E-state index is -3.94. The number of carbonyl (C=O) groups is 1. The maximum Gasteiger partial charge on any atom is 0.244 e. The molecule has 0 aromatic heterocycles. The molecule has 2 N–H and O–H groups in total. The number of likely N-dealkylation sites (tertiary alicyclic amines) is 1. The highest BCUT2D eigenvalue weighted by atomic mass is 32.2. The summed E-state index contributed by atoms with van der Waals surface area (Å²) in [6, 6.07) is 4.48. The maximum absolute atomic E-state index is 12.6. The van der Waals surface area contributed by atoms with Gasteiger partial charge in [-0.1, -0.05) is 6.92 Å². The third-order valence-electron chi connectivity index (χ3n) is 5.31. The van der Waals surface area contributed by atoms with E-state index in [0.717, 1.165) is 19.5 Å². The fourth-order valence-electron chi connectivity index (χ4n) is 3.46. The molecule has 1 atom stereocenters. The zero-order chi connectivity index (χ0) is 21.7. The first kappa shape index (κ1) is 23.4. The number of sulfonamides is 1. The molecule has 1 aromatic carbocycles. The van der Waals surface area contributed by atoms with Gasteiger partial charge >= 0.3 is 0 Å². The summed E-state index contributed by atoms with van der Waals surface area (Å²) < 4.78 is 37.8. The number of piperidine rings is 1. The Bertz CT molecular complexity index is 810. The van der Waals surface area contributed by atoms with Gasteiger partial charge in [0.25, 0.3) is 0 Å². The van der Waals surface area contributed by atoms with Crippen LogP contribution < -0.4 is 19.5 Å². The van der Waals surface area contributed by atoms with Crippen molar-refractivity contribution in [2.45, 2.75) is 44.0 Å². The van der Waals surface area contributed by atoms with Crippen molar-refractivity contribution < 1.29 is 22.7 Å². The third-order valence-corrected chi connectivity index (χ3v) is 6.74. The van der Waals surface area contributed by atoms with Crippen molar-refractivity contribution in [3.8, 4) is 11.5 Å². The molecule has 1 aliphatic rings. The van der Waals surface area contributed by atoms with Crippen LogP contribution in [0.3, 0.4) is 0 Å². The van der Waals surface area contributed by atoms with Gasteiger partial charge in [-0.2, -0.15) is 0 Å². The number of carbonyl (C=O) groups excluding carboxylic acids is 1. The normalized spacial score (nSPS) is 18.3. The zero-order valence-corrected chi connectivity index (χ0v) is 18.8. The summed E-state index contributed by atoms with van der Waals surface area (Å²) in [4.78, 5) is 14.6. The number of benzene rings is 1. The molecule has 1 aliphatic heterocycles. The largest absolute Gasteiger partial charge is 0.497 e. The second-order valence-electron chi connectivity index (χ2n) is 8.12. The summed E-state index contributed by atoms with van der Waals surface area (Å²) in [6.07, 6.45) is 2.38.